The van der Waals surface area contributed by atoms with Crippen LogP contribution < -0.4 is 5.56 Å². The molecule has 0 aliphatic heterocycles. The van der Waals surface area contributed by atoms with E-state index in [-0.39, 0.29) is 11.1 Å². The summed E-state index contributed by atoms with van der Waals surface area (Å²) in [5.74, 6) is 0. The van der Waals surface area contributed by atoms with Crippen LogP contribution in [-0.2, 0) is 11.5 Å². The number of alkyl halides is 4. The highest BCUT2D eigenvalue weighted by Crippen LogP contribution is 2.30. The Balaban J connectivity index is 2.68. The molecule has 0 radical (unpaired) electrons. The number of aromatic nitrogens is 1. The summed E-state index contributed by atoms with van der Waals surface area (Å²) in [5, 5.41) is 0.936. The number of fused-ring (bicyclic) bond motifs is 1. The highest BCUT2D eigenvalue weighted by Gasteiger charge is 2.30. The van der Waals surface area contributed by atoms with E-state index in [1.54, 1.807) is 6.07 Å². The third kappa shape index (κ3) is 2.36. The number of benzene rings is 1. The zero-order valence-corrected chi connectivity index (χ0v) is 10.0. The van der Waals surface area contributed by atoms with E-state index < -0.39 is 11.7 Å². The maximum Gasteiger partial charge on any atom is 0.416 e. The second-order valence-electron chi connectivity index (χ2n) is 3.56. The molecule has 0 fully saturated rings. The van der Waals surface area contributed by atoms with Gasteiger partial charge in [-0.3, -0.25) is 4.79 Å². The summed E-state index contributed by atoms with van der Waals surface area (Å²) in [7, 11) is 0. The minimum Gasteiger partial charge on any atom is -0.322 e. The van der Waals surface area contributed by atoms with Crippen LogP contribution in [0, 0.1) is 0 Å². The Kier molecular flexibility index (Phi) is 2.99. The molecule has 1 heterocycles. The van der Waals surface area contributed by atoms with Crippen LogP contribution in [-0.4, -0.2) is 4.98 Å². The topological polar surface area (TPSA) is 32.9 Å². The lowest BCUT2D eigenvalue weighted by Gasteiger charge is -2.08. The van der Waals surface area contributed by atoms with Crippen LogP contribution >= 0.6 is 15.9 Å². The summed E-state index contributed by atoms with van der Waals surface area (Å²) in [6.45, 7) is 0. The molecule has 17 heavy (non-hydrogen) atoms. The molecule has 90 valence electrons. The first-order valence-electron chi connectivity index (χ1n) is 4.71. The molecule has 1 N–H and O–H groups in total. The van der Waals surface area contributed by atoms with Crippen molar-refractivity contribution in [2.75, 3.05) is 0 Å². The highest BCUT2D eigenvalue weighted by atomic mass is 79.9. The summed E-state index contributed by atoms with van der Waals surface area (Å²) in [6, 6.07) is 4.86. The lowest BCUT2D eigenvalue weighted by Crippen LogP contribution is -2.11. The van der Waals surface area contributed by atoms with Crippen LogP contribution in [0.5, 0.6) is 0 Å². The summed E-state index contributed by atoms with van der Waals surface area (Å²) in [5.41, 5.74) is -0.479. The Hall–Kier alpha value is -1.30. The van der Waals surface area contributed by atoms with Crippen molar-refractivity contribution in [2.45, 2.75) is 11.5 Å². The predicted molar refractivity (Wildman–Crippen MR) is 62.2 cm³/mol. The molecule has 0 saturated heterocycles. The van der Waals surface area contributed by atoms with Gasteiger partial charge in [0.15, 0.2) is 0 Å². The largest absolute Gasteiger partial charge is 0.416 e. The zero-order valence-electron chi connectivity index (χ0n) is 8.44. The second-order valence-corrected chi connectivity index (χ2v) is 4.12. The Morgan fingerprint density at radius 2 is 1.94 bits per heavy atom. The molecular weight excluding hydrogens is 299 g/mol. The number of aromatic amines is 1. The fourth-order valence-electron chi connectivity index (χ4n) is 1.52. The molecule has 1 aromatic heterocycles. The summed E-state index contributed by atoms with van der Waals surface area (Å²) < 4.78 is 37.4. The summed E-state index contributed by atoms with van der Waals surface area (Å²) >= 11 is 3.14. The van der Waals surface area contributed by atoms with Crippen LogP contribution in [0.25, 0.3) is 10.9 Å². The van der Waals surface area contributed by atoms with E-state index in [9.17, 15) is 18.0 Å². The molecule has 2 aromatic rings. The third-order valence-corrected chi connectivity index (χ3v) is 3.00. The molecule has 1 aromatic carbocycles. The van der Waals surface area contributed by atoms with E-state index in [0.717, 1.165) is 12.1 Å². The van der Waals surface area contributed by atoms with Crippen molar-refractivity contribution in [3.8, 4) is 0 Å². The van der Waals surface area contributed by atoms with Gasteiger partial charge in [-0.1, -0.05) is 22.0 Å². The first kappa shape index (κ1) is 12.2. The number of hydrogen-bond acceptors (Lipinski definition) is 1. The minimum absolute atomic E-state index is 0.189. The SMILES string of the molecule is O=c1[nH]c2cc(C(F)(F)F)ccc2cc1CBr. The molecule has 0 spiro atoms. The Labute approximate surface area is 103 Å². The molecule has 0 atom stereocenters. The van der Waals surface area contributed by atoms with Gasteiger partial charge in [-0.05, 0) is 23.6 Å². The van der Waals surface area contributed by atoms with Crippen LogP contribution in [0.3, 0.4) is 0 Å². The van der Waals surface area contributed by atoms with E-state index >= 15 is 0 Å². The molecule has 0 bridgehead atoms. The highest BCUT2D eigenvalue weighted by molar-refractivity contribution is 9.08. The molecule has 2 nitrogen and oxygen atoms in total. The van der Waals surface area contributed by atoms with Gasteiger partial charge in [0.1, 0.15) is 0 Å². The number of halogens is 4. The van der Waals surface area contributed by atoms with E-state index in [2.05, 4.69) is 20.9 Å². The standard InChI is InChI=1S/C11H7BrF3NO/c12-5-7-3-6-1-2-8(11(13,14)15)4-9(6)16-10(7)17/h1-4H,5H2,(H,16,17). The predicted octanol–water partition coefficient (Wildman–Crippen LogP) is 3.44. The average Bonchev–Trinajstić information content (AvgIpc) is 2.26. The van der Waals surface area contributed by atoms with Gasteiger partial charge >= 0.3 is 6.18 Å². The monoisotopic (exact) mass is 305 g/mol. The molecule has 0 saturated carbocycles. The smallest absolute Gasteiger partial charge is 0.322 e. The first-order valence-corrected chi connectivity index (χ1v) is 5.83. The number of H-pyrrole nitrogens is 1. The van der Waals surface area contributed by atoms with Gasteiger partial charge in [0.05, 0.1) is 5.56 Å². The maximum absolute atomic E-state index is 12.5. The molecule has 0 unspecified atom stereocenters. The average molecular weight is 306 g/mol. The van der Waals surface area contributed by atoms with E-state index in [4.69, 9.17) is 0 Å². The number of rotatable bonds is 1. The lowest BCUT2D eigenvalue weighted by molar-refractivity contribution is -0.137. The van der Waals surface area contributed by atoms with Crippen LogP contribution in [0.4, 0.5) is 13.2 Å². The first-order chi connectivity index (χ1) is 7.91. The van der Waals surface area contributed by atoms with Gasteiger partial charge in [0.2, 0.25) is 0 Å². The normalized spacial score (nSPS) is 12.0. The lowest BCUT2D eigenvalue weighted by atomic mass is 10.1. The van der Waals surface area contributed by atoms with Crippen molar-refractivity contribution < 1.29 is 13.2 Å². The van der Waals surface area contributed by atoms with Crippen LogP contribution in [0.15, 0.2) is 29.1 Å². The maximum atomic E-state index is 12.5. The summed E-state index contributed by atoms with van der Waals surface area (Å²) in [4.78, 5) is 13.9. The van der Waals surface area contributed by atoms with Gasteiger partial charge in [0.25, 0.3) is 5.56 Å². The molecular formula is C11H7BrF3NO. The van der Waals surface area contributed by atoms with Crippen molar-refractivity contribution in [1.29, 1.82) is 0 Å². The Morgan fingerprint density at radius 3 is 2.53 bits per heavy atom. The number of nitrogens with one attached hydrogen (secondary N) is 1. The van der Waals surface area contributed by atoms with Gasteiger partial charge < -0.3 is 4.98 Å². The van der Waals surface area contributed by atoms with E-state index in [1.807, 2.05) is 0 Å². The van der Waals surface area contributed by atoms with Crippen molar-refractivity contribution in [3.63, 3.8) is 0 Å². The quantitative estimate of drug-likeness (QED) is 0.804. The fraction of sp³-hybridized carbons (Fsp3) is 0.182. The van der Waals surface area contributed by atoms with E-state index in [1.165, 1.54) is 6.07 Å². The van der Waals surface area contributed by atoms with Gasteiger partial charge in [-0.15, -0.1) is 0 Å². The minimum atomic E-state index is -4.40. The summed E-state index contributed by atoms with van der Waals surface area (Å²) in [6.07, 6.45) is -4.40. The second kappa shape index (κ2) is 4.18. The van der Waals surface area contributed by atoms with Gasteiger partial charge in [-0.25, -0.2) is 0 Å². The Bertz CT molecular complexity index is 618. The van der Waals surface area contributed by atoms with Crippen LogP contribution in [0.2, 0.25) is 0 Å². The van der Waals surface area contributed by atoms with Crippen molar-refractivity contribution in [1.82, 2.24) is 4.98 Å². The van der Waals surface area contributed by atoms with E-state index in [0.29, 0.717) is 16.3 Å². The third-order valence-electron chi connectivity index (χ3n) is 2.39. The molecule has 0 amide bonds. The fourth-order valence-corrected chi connectivity index (χ4v) is 1.94. The van der Waals surface area contributed by atoms with Crippen molar-refractivity contribution in [3.05, 3.63) is 45.7 Å². The van der Waals surface area contributed by atoms with Gasteiger partial charge in [0, 0.05) is 16.4 Å². The molecule has 0 aliphatic carbocycles. The zero-order chi connectivity index (χ0) is 12.6. The molecule has 6 heteroatoms. The molecule has 2 rings (SSSR count). The van der Waals surface area contributed by atoms with Crippen molar-refractivity contribution >= 4 is 26.8 Å². The Morgan fingerprint density at radius 1 is 1.24 bits per heavy atom. The van der Waals surface area contributed by atoms with Gasteiger partial charge in [-0.2, -0.15) is 13.2 Å². The number of pyridine rings is 1. The molecule has 0 aliphatic rings. The van der Waals surface area contributed by atoms with Crippen LogP contribution in [0.1, 0.15) is 11.1 Å². The van der Waals surface area contributed by atoms with Crippen molar-refractivity contribution in [2.24, 2.45) is 0 Å². The number of hydrogen-bond donors (Lipinski definition) is 1.